The summed E-state index contributed by atoms with van der Waals surface area (Å²) in [5, 5.41) is 10.5. The molecule has 0 atom stereocenters. The second kappa shape index (κ2) is 7.44. The number of carbonyl (C=O) groups excluding carboxylic acids is 1. The lowest BCUT2D eigenvalue weighted by Crippen LogP contribution is -2.13. The molecular weight excluding hydrogens is 354 g/mol. The zero-order valence-corrected chi connectivity index (χ0v) is 14.8. The van der Waals surface area contributed by atoms with Gasteiger partial charge in [-0.25, -0.2) is 8.42 Å². The third-order valence-corrected chi connectivity index (χ3v) is 4.82. The number of carbonyl (C=O) groups is 1. The minimum absolute atomic E-state index is 0.213. The van der Waals surface area contributed by atoms with Gasteiger partial charge in [0.15, 0.2) is 15.7 Å². The number of hydrogen-bond acceptors (Lipinski definition) is 6. The van der Waals surface area contributed by atoms with E-state index in [1.165, 1.54) is 0 Å². The van der Waals surface area contributed by atoms with Gasteiger partial charge in [-0.2, -0.15) is 0 Å². The van der Waals surface area contributed by atoms with E-state index in [4.69, 9.17) is 0 Å². The highest BCUT2D eigenvalue weighted by Gasteiger charge is 2.10. The van der Waals surface area contributed by atoms with E-state index < -0.39 is 9.84 Å². The van der Waals surface area contributed by atoms with Gasteiger partial charge in [0.1, 0.15) is 0 Å². The molecule has 0 saturated heterocycles. The van der Waals surface area contributed by atoms with Gasteiger partial charge < -0.3 is 4.98 Å². The third kappa shape index (κ3) is 4.51. The molecular formula is C17H17N5O3S. The van der Waals surface area contributed by atoms with Gasteiger partial charge in [-0.05, 0) is 36.2 Å². The summed E-state index contributed by atoms with van der Waals surface area (Å²) in [6.07, 6.45) is 5.17. The van der Waals surface area contributed by atoms with Crippen LogP contribution in [0.5, 0.6) is 0 Å². The van der Waals surface area contributed by atoms with Crippen molar-refractivity contribution in [2.24, 2.45) is 0 Å². The molecule has 26 heavy (non-hydrogen) atoms. The molecule has 0 radical (unpaired) electrons. The number of sulfone groups is 1. The quantitative estimate of drug-likeness (QED) is 0.683. The van der Waals surface area contributed by atoms with Crippen LogP contribution in [0.2, 0.25) is 0 Å². The molecule has 0 aliphatic heterocycles. The number of aromatic amines is 1. The number of benzene rings is 1. The maximum atomic E-state index is 12.1. The lowest BCUT2D eigenvalue weighted by molar-refractivity contribution is -0.116. The lowest BCUT2D eigenvalue weighted by atomic mass is 10.1. The summed E-state index contributed by atoms with van der Waals surface area (Å²) >= 11 is 0. The maximum absolute atomic E-state index is 12.1. The molecule has 0 fully saturated rings. The molecule has 0 bridgehead atoms. The number of H-pyrrole nitrogens is 1. The highest BCUT2D eigenvalue weighted by Crippen LogP contribution is 2.15. The van der Waals surface area contributed by atoms with Crippen LogP contribution in [0.4, 0.5) is 5.95 Å². The van der Waals surface area contributed by atoms with Crippen molar-refractivity contribution in [3.63, 3.8) is 0 Å². The van der Waals surface area contributed by atoms with Crippen LogP contribution in [-0.2, 0) is 21.1 Å². The van der Waals surface area contributed by atoms with Crippen LogP contribution in [0.3, 0.4) is 0 Å². The Balaban J connectivity index is 1.55. The van der Waals surface area contributed by atoms with Crippen molar-refractivity contribution in [2.75, 3.05) is 11.6 Å². The van der Waals surface area contributed by atoms with Crippen LogP contribution in [0.25, 0.3) is 11.4 Å². The zero-order chi connectivity index (χ0) is 18.6. The Morgan fingerprint density at radius 2 is 1.77 bits per heavy atom. The van der Waals surface area contributed by atoms with Crippen LogP contribution < -0.4 is 5.32 Å². The van der Waals surface area contributed by atoms with Gasteiger partial charge in [0.05, 0.1) is 4.90 Å². The molecule has 1 amide bonds. The number of aryl methyl sites for hydroxylation is 1. The van der Waals surface area contributed by atoms with E-state index in [-0.39, 0.29) is 23.2 Å². The summed E-state index contributed by atoms with van der Waals surface area (Å²) < 4.78 is 22.9. The van der Waals surface area contributed by atoms with Crippen LogP contribution >= 0.6 is 0 Å². The van der Waals surface area contributed by atoms with E-state index >= 15 is 0 Å². The number of hydrogen-bond donors (Lipinski definition) is 2. The average molecular weight is 371 g/mol. The summed E-state index contributed by atoms with van der Waals surface area (Å²) in [7, 11) is -3.21. The van der Waals surface area contributed by atoms with Gasteiger partial charge in [0.25, 0.3) is 0 Å². The first kappa shape index (κ1) is 17.7. The molecule has 3 aromatic rings. The van der Waals surface area contributed by atoms with E-state index in [1.54, 1.807) is 48.8 Å². The monoisotopic (exact) mass is 371 g/mol. The second-order valence-corrected chi connectivity index (χ2v) is 7.74. The standard InChI is InChI=1S/C17H17N5O3S/c1-26(24,25)14-5-2-12(3-6-14)4-7-15(23)19-17-20-16(21-22-17)13-8-10-18-11-9-13/h2-3,5-6,8-11H,4,7H2,1H3,(H2,19,20,21,22,23). The van der Waals surface area contributed by atoms with Crippen molar-refractivity contribution in [1.29, 1.82) is 0 Å². The van der Waals surface area contributed by atoms with Gasteiger partial charge in [-0.15, -0.1) is 10.2 Å². The van der Waals surface area contributed by atoms with Gasteiger partial charge in [0.2, 0.25) is 11.9 Å². The fraction of sp³-hybridized carbons (Fsp3) is 0.176. The van der Waals surface area contributed by atoms with Gasteiger partial charge in [-0.1, -0.05) is 12.1 Å². The Morgan fingerprint density at radius 1 is 1.08 bits per heavy atom. The molecule has 0 aliphatic carbocycles. The van der Waals surface area contributed by atoms with Crippen LogP contribution in [0.1, 0.15) is 12.0 Å². The van der Waals surface area contributed by atoms with E-state index in [1.807, 2.05) is 0 Å². The number of pyridine rings is 1. The molecule has 0 spiro atoms. The maximum Gasteiger partial charge on any atom is 0.228 e. The highest BCUT2D eigenvalue weighted by atomic mass is 32.2. The molecule has 8 nitrogen and oxygen atoms in total. The normalized spacial score (nSPS) is 11.3. The molecule has 2 aromatic heterocycles. The van der Waals surface area contributed by atoms with Crippen LogP contribution in [-0.4, -0.2) is 40.7 Å². The molecule has 9 heteroatoms. The molecule has 1 aromatic carbocycles. The number of nitrogens with zero attached hydrogens (tertiary/aromatic N) is 3. The second-order valence-electron chi connectivity index (χ2n) is 5.72. The number of rotatable bonds is 6. The summed E-state index contributed by atoms with van der Waals surface area (Å²) in [6.45, 7) is 0. The summed E-state index contributed by atoms with van der Waals surface area (Å²) in [4.78, 5) is 19.2. The predicted molar refractivity (Wildman–Crippen MR) is 96.1 cm³/mol. The number of anilines is 1. The van der Waals surface area contributed by atoms with E-state index in [9.17, 15) is 13.2 Å². The first-order valence-electron chi connectivity index (χ1n) is 7.84. The first-order valence-corrected chi connectivity index (χ1v) is 9.73. The van der Waals surface area contributed by atoms with Gasteiger partial charge >= 0.3 is 0 Å². The van der Waals surface area contributed by atoms with E-state index in [0.717, 1.165) is 17.4 Å². The Labute approximate surface area is 150 Å². The van der Waals surface area contributed by atoms with Crippen molar-refractivity contribution in [3.8, 4) is 11.4 Å². The number of amides is 1. The predicted octanol–water partition coefficient (Wildman–Crippen LogP) is 1.84. The largest absolute Gasteiger partial charge is 0.307 e. The number of nitrogens with one attached hydrogen (secondary N) is 2. The molecule has 3 rings (SSSR count). The van der Waals surface area contributed by atoms with Crippen molar-refractivity contribution in [2.45, 2.75) is 17.7 Å². The minimum Gasteiger partial charge on any atom is -0.307 e. The van der Waals surface area contributed by atoms with Crippen molar-refractivity contribution in [1.82, 2.24) is 20.2 Å². The average Bonchev–Trinajstić information content (AvgIpc) is 3.09. The molecule has 0 aliphatic rings. The summed E-state index contributed by atoms with van der Waals surface area (Å²) in [6, 6.07) is 10.1. The Morgan fingerprint density at radius 3 is 2.42 bits per heavy atom. The molecule has 0 unspecified atom stereocenters. The zero-order valence-electron chi connectivity index (χ0n) is 14.0. The van der Waals surface area contributed by atoms with Crippen LogP contribution in [0.15, 0.2) is 53.7 Å². The van der Waals surface area contributed by atoms with Crippen molar-refractivity contribution < 1.29 is 13.2 Å². The van der Waals surface area contributed by atoms with Crippen molar-refractivity contribution >= 4 is 21.7 Å². The molecule has 134 valence electrons. The lowest BCUT2D eigenvalue weighted by Gasteiger charge is -2.03. The first-order chi connectivity index (χ1) is 12.4. The van der Waals surface area contributed by atoms with Gasteiger partial charge in [0, 0.05) is 30.6 Å². The Hall–Kier alpha value is -3.07. The molecule has 2 N–H and O–H groups in total. The van der Waals surface area contributed by atoms with Gasteiger partial charge in [-0.3, -0.25) is 15.1 Å². The molecule has 0 saturated carbocycles. The summed E-state index contributed by atoms with van der Waals surface area (Å²) in [5.41, 5.74) is 1.70. The number of aromatic nitrogens is 4. The fourth-order valence-electron chi connectivity index (χ4n) is 2.31. The molecule has 2 heterocycles. The Kier molecular flexibility index (Phi) is 5.08. The van der Waals surface area contributed by atoms with Crippen LogP contribution in [0, 0.1) is 0 Å². The van der Waals surface area contributed by atoms with E-state index in [2.05, 4.69) is 25.5 Å². The van der Waals surface area contributed by atoms with E-state index in [0.29, 0.717) is 12.2 Å². The minimum atomic E-state index is -3.21. The summed E-state index contributed by atoms with van der Waals surface area (Å²) in [5.74, 6) is 0.600. The Bertz CT molecular complexity index is 998. The third-order valence-electron chi connectivity index (χ3n) is 3.69. The topological polar surface area (TPSA) is 118 Å². The SMILES string of the molecule is CS(=O)(=O)c1ccc(CCC(=O)Nc2nnc(-c3ccncc3)[nH]2)cc1. The fourth-order valence-corrected chi connectivity index (χ4v) is 2.94. The smallest absolute Gasteiger partial charge is 0.228 e. The van der Waals surface area contributed by atoms with Crippen molar-refractivity contribution in [3.05, 3.63) is 54.4 Å². The highest BCUT2D eigenvalue weighted by molar-refractivity contribution is 7.90.